The standard InChI is InChI=1S/C21H21F3N4O3/c1-3-14-10-15(21(22,23)24)17-18(27-31-19(17)26-14)13-5-4-8-28(11-13)20(29)12-6-7-25-16(9-12)30-2/h6-7,9-10,13H,3-5,8,11H2,1-2H3. The van der Waals surface area contributed by atoms with E-state index >= 15 is 0 Å². The Hall–Kier alpha value is -3.17. The van der Waals surface area contributed by atoms with Crippen molar-refractivity contribution in [1.29, 1.82) is 0 Å². The number of hydrogen-bond acceptors (Lipinski definition) is 6. The quantitative estimate of drug-likeness (QED) is 0.611. The number of likely N-dealkylation sites (tertiary alicyclic amines) is 1. The lowest BCUT2D eigenvalue weighted by atomic mass is 9.91. The van der Waals surface area contributed by atoms with Gasteiger partial charge >= 0.3 is 6.18 Å². The highest BCUT2D eigenvalue weighted by molar-refractivity contribution is 5.94. The second-order valence-electron chi connectivity index (χ2n) is 7.44. The number of rotatable bonds is 4. The van der Waals surface area contributed by atoms with E-state index in [0.717, 1.165) is 6.07 Å². The summed E-state index contributed by atoms with van der Waals surface area (Å²) in [7, 11) is 1.46. The Labute approximate surface area is 176 Å². The van der Waals surface area contributed by atoms with Gasteiger partial charge in [-0.1, -0.05) is 12.1 Å². The minimum absolute atomic E-state index is 0.116. The fraction of sp³-hybridized carbons (Fsp3) is 0.429. The summed E-state index contributed by atoms with van der Waals surface area (Å²) in [5.41, 5.74) is -0.0310. The summed E-state index contributed by atoms with van der Waals surface area (Å²) in [5, 5.41) is 3.84. The zero-order chi connectivity index (χ0) is 22.2. The molecule has 31 heavy (non-hydrogen) atoms. The maximum atomic E-state index is 13.8. The Bertz CT molecular complexity index is 1110. The van der Waals surface area contributed by atoms with Crippen molar-refractivity contribution in [3.63, 3.8) is 0 Å². The number of carbonyl (C=O) groups excluding carboxylic acids is 1. The van der Waals surface area contributed by atoms with Crippen molar-refractivity contribution in [2.75, 3.05) is 20.2 Å². The largest absolute Gasteiger partial charge is 0.481 e. The second kappa shape index (κ2) is 8.16. The average molecular weight is 434 g/mol. The van der Waals surface area contributed by atoms with Crippen LogP contribution in [0.15, 0.2) is 28.9 Å². The SMILES string of the molecule is CCc1cc(C(F)(F)F)c2c(C3CCCN(C(=O)c4ccnc(OC)c4)C3)noc2n1. The number of pyridine rings is 2. The molecule has 0 radical (unpaired) electrons. The summed E-state index contributed by atoms with van der Waals surface area (Å²) in [6.07, 6.45) is -1.52. The van der Waals surface area contributed by atoms with Gasteiger partial charge in [0.2, 0.25) is 5.88 Å². The van der Waals surface area contributed by atoms with Crippen LogP contribution in [0.2, 0.25) is 0 Å². The van der Waals surface area contributed by atoms with Crippen LogP contribution in [0.3, 0.4) is 0 Å². The number of aromatic nitrogens is 3. The first-order valence-corrected chi connectivity index (χ1v) is 9.97. The molecule has 4 rings (SSSR count). The number of alkyl halides is 3. The zero-order valence-corrected chi connectivity index (χ0v) is 17.1. The molecular weight excluding hydrogens is 413 g/mol. The van der Waals surface area contributed by atoms with Gasteiger partial charge in [0.1, 0.15) is 0 Å². The summed E-state index contributed by atoms with van der Waals surface area (Å²) < 4.78 is 51.6. The summed E-state index contributed by atoms with van der Waals surface area (Å²) in [5.74, 6) is -0.312. The third kappa shape index (κ3) is 4.06. The van der Waals surface area contributed by atoms with E-state index in [-0.39, 0.29) is 34.9 Å². The lowest BCUT2D eigenvalue weighted by Crippen LogP contribution is -2.39. The predicted octanol–water partition coefficient (Wildman–Crippen LogP) is 4.23. The Morgan fingerprint density at radius 2 is 2.16 bits per heavy atom. The number of amides is 1. The van der Waals surface area contributed by atoms with Crippen LogP contribution in [0.5, 0.6) is 5.88 Å². The van der Waals surface area contributed by atoms with Crippen molar-refractivity contribution in [2.45, 2.75) is 38.3 Å². The first-order chi connectivity index (χ1) is 14.8. The summed E-state index contributed by atoms with van der Waals surface area (Å²) >= 11 is 0. The van der Waals surface area contributed by atoms with Gasteiger partial charge in [-0.2, -0.15) is 13.2 Å². The van der Waals surface area contributed by atoms with Crippen LogP contribution >= 0.6 is 0 Å². The molecule has 1 amide bonds. The number of halogens is 3. The number of hydrogen-bond donors (Lipinski definition) is 0. The summed E-state index contributed by atoms with van der Waals surface area (Å²) in [6, 6.07) is 4.17. The van der Waals surface area contributed by atoms with E-state index in [1.165, 1.54) is 19.4 Å². The van der Waals surface area contributed by atoms with Crippen molar-refractivity contribution in [1.82, 2.24) is 20.0 Å². The molecule has 1 atom stereocenters. The lowest BCUT2D eigenvalue weighted by Gasteiger charge is -2.32. The summed E-state index contributed by atoms with van der Waals surface area (Å²) in [4.78, 5) is 22.7. The molecule has 0 spiro atoms. The number of methoxy groups -OCH3 is 1. The third-order valence-corrected chi connectivity index (χ3v) is 5.48. The van der Waals surface area contributed by atoms with Crippen LogP contribution in [0, 0.1) is 0 Å². The lowest BCUT2D eigenvalue weighted by molar-refractivity contribution is -0.136. The second-order valence-corrected chi connectivity index (χ2v) is 7.44. The van der Waals surface area contributed by atoms with E-state index in [0.29, 0.717) is 37.3 Å². The average Bonchev–Trinajstić information content (AvgIpc) is 3.21. The van der Waals surface area contributed by atoms with Gasteiger partial charge in [0.05, 0.1) is 23.8 Å². The molecule has 1 aliphatic heterocycles. The van der Waals surface area contributed by atoms with Gasteiger partial charge in [0.25, 0.3) is 11.6 Å². The van der Waals surface area contributed by atoms with Gasteiger partial charge in [-0.15, -0.1) is 0 Å². The smallest absolute Gasteiger partial charge is 0.417 e. The monoisotopic (exact) mass is 434 g/mol. The van der Waals surface area contributed by atoms with Gasteiger partial charge in [-0.05, 0) is 31.4 Å². The molecule has 3 aromatic heterocycles. The predicted molar refractivity (Wildman–Crippen MR) is 105 cm³/mol. The molecule has 164 valence electrons. The van der Waals surface area contributed by atoms with Crippen LogP contribution in [0.25, 0.3) is 11.1 Å². The van der Waals surface area contributed by atoms with Crippen molar-refractivity contribution in [2.24, 2.45) is 0 Å². The van der Waals surface area contributed by atoms with E-state index in [9.17, 15) is 18.0 Å². The minimum Gasteiger partial charge on any atom is -0.481 e. The highest BCUT2D eigenvalue weighted by Gasteiger charge is 2.38. The summed E-state index contributed by atoms with van der Waals surface area (Å²) in [6.45, 7) is 2.46. The van der Waals surface area contributed by atoms with Crippen LogP contribution in [-0.4, -0.2) is 46.1 Å². The third-order valence-electron chi connectivity index (χ3n) is 5.48. The Balaban J connectivity index is 1.68. The molecule has 7 nitrogen and oxygen atoms in total. The van der Waals surface area contributed by atoms with Crippen LogP contribution in [0.1, 0.15) is 53.0 Å². The number of ether oxygens (including phenoxy) is 1. The van der Waals surface area contributed by atoms with Crippen LogP contribution in [0.4, 0.5) is 13.2 Å². The van der Waals surface area contributed by atoms with Crippen molar-refractivity contribution < 1.29 is 27.2 Å². The van der Waals surface area contributed by atoms with Crippen LogP contribution in [-0.2, 0) is 12.6 Å². The molecule has 0 bridgehead atoms. The van der Waals surface area contributed by atoms with Gasteiger partial charge in [-0.3, -0.25) is 4.79 Å². The zero-order valence-electron chi connectivity index (χ0n) is 17.1. The first-order valence-electron chi connectivity index (χ1n) is 9.97. The first kappa shape index (κ1) is 21.1. The molecule has 0 aliphatic carbocycles. The molecule has 1 fully saturated rings. The normalized spacial score (nSPS) is 17.2. The fourth-order valence-electron chi connectivity index (χ4n) is 3.93. The molecule has 0 aromatic carbocycles. The Morgan fingerprint density at radius 1 is 1.35 bits per heavy atom. The Morgan fingerprint density at radius 3 is 2.87 bits per heavy atom. The maximum Gasteiger partial charge on any atom is 0.417 e. The number of nitrogens with zero attached hydrogens (tertiary/aromatic N) is 4. The van der Waals surface area contributed by atoms with E-state index in [1.54, 1.807) is 17.9 Å². The topological polar surface area (TPSA) is 81.4 Å². The van der Waals surface area contributed by atoms with Crippen molar-refractivity contribution >= 4 is 17.0 Å². The molecule has 10 heteroatoms. The molecule has 1 unspecified atom stereocenters. The Kier molecular flexibility index (Phi) is 5.55. The van der Waals surface area contributed by atoms with Crippen LogP contribution < -0.4 is 4.74 Å². The molecule has 1 saturated heterocycles. The maximum absolute atomic E-state index is 13.8. The fourth-order valence-corrected chi connectivity index (χ4v) is 3.93. The molecule has 0 N–H and O–H groups in total. The highest BCUT2D eigenvalue weighted by atomic mass is 19.4. The molecule has 4 heterocycles. The van der Waals surface area contributed by atoms with Gasteiger partial charge < -0.3 is 14.2 Å². The molecule has 1 aliphatic rings. The molecule has 0 saturated carbocycles. The van der Waals surface area contributed by atoms with Gasteiger partial charge in [0, 0.05) is 42.5 Å². The molecule has 3 aromatic rings. The van der Waals surface area contributed by atoms with E-state index < -0.39 is 17.7 Å². The number of piperidine rings is 1. The van der Waals surface area contributed by atoms with Gasteiger partial charge in [0.15, 0.2) is 0 Å². The highest BCUT2D eigenvalue weighted by Crippen LogP contribution is 2.40. The molecular formula is C21H21F3N4O3. The van der Waals surface area contributed by atoms with Crippen molar-refractivity contribution in [3.8, 4) is 5.88 Å². The minimum atomic E-state index is -4.57. The van der Waals surface area contributed by atoms with Crippen molar-refractivity contribution in [3.05, 3.63) is 46.9 Å². The van der Waals surface area contributed by atoms with E-state index in [4.69, 9.17) is 9.26 Å². The number of aryl methyl sites for hydroxylation is 1. The van der Waals surface area contributed by atoms with E-state index in [2.05, 4.69) is 15.1 Å². The number of carbonyl (C=O) groups is 1. The number of fused-ring (bicyclic) bond motifs is 1. The van der Waals surface area contributed by atoms with E-state index in [1.807, 2.05) is 0 Å². The van der Waals surface area contributed by atoms with Gasteiger partial charge in [-0.25, -0.2) is 9.97 Å².